The Morgan fingerprint density at radius 3 is 2.59 bits per heavy atom. The van der Waals surface area contributed by atoms with Crippen molar-refractivity contribution in [1.82, 2.24) is 9.47 Å². The van der Waals surface area contributed by atoms with Gasteiger partial charge in [0, 0.05) is 31.5 Å². The molecule has 5 nitrogen and oxygen atoms in total. The molecule has 1 fully saturated rings. The van der Waals surface area contributed by atoms with Crippen LogP contribution in [-0.4, -0.2) is 54.9 Å². The lowest BCUT2D eigenvalue weighted by molar-refractivity contribution is 0.0443. The Morgan fingerprint density at radius 2 is 1.95 bits per heavy atom. The molecule has 1 aromatic heterocycles. The van der Waals surface area contributed by atoms with Gasteiger partial charge in [-0.3, -0.25) is 4.90 Å². The fraction of sp³-hybridized carbons (Fsp3) is 0.588. The third kappa shape index (κ3) is 3.52. The zero-order valence-electron chi connectivity index (χ0n) is 13.9. The molecule has 0 bridgehead atoms. The highest BCUT2D eigenvalue weighted by molar-refractivity contribution is 5.94. The van der Waals surface area contributed by atoms with E-state index in [-0.39, 0.29) is 5.97 Å². The van der Waals surface area contributed by atoms with Crippen molar-refractivity contribution >= 4 is 5.97 Å². The number of rotatable bonds is 3. The zero-order valence-corrected chi connectivity index (χ0v) is 13.9. The lowest BCUT2D eigenvalue weighted by atomic mass is 10.1. The van der Waals surface area contributed by atoms with Crippen LogP contribution in [0.25, 0.3) is 0 Å². The van der Waals surface area contributed by atoms with Crippen LogP contribution in [0.3, 0.4) is 0 Å². The monoisotopic (exact) mass is 304 g/mol. The van der Waals surface area contributed by atoms with E-state index in [1.54, 1.807) is 0 Å². The highest BCUT2D eigenvalue weighted by Gasteiger charge is 2.21. The number of nitrogens with zero attached hydrogens (tertiary/aromatic N) is 2. The molecule has 0 aliphatic carbocycles. The Morgan fingerprint density at radius 1 is 1.27 bits per heavy atom. The number of hydrogen-bond donors (Lipinski definition) is 0. The highest BCUT2D eigenvalue weighted by Crippen LogP contribution is 2.21. The molecule has 22 heavy (non-hydrogen) atoms. The van der Waals surface area contributed by atoms with Crippen LogP contribution in [0.4, 0.5) is 0 Å². The van der Waals surface area contributed by atoms with E-state index in [4.69, 9.17) is 9.47 Å². The largest absolute Gasteiger partial charge is 0.462 e. The number of carbonyl (C=O) groups excluding carboxylic acids is 1. The molecule has 0 atom stereocenters. The van der Waals surface area contributed by atoms with Gasteiger partial charge in [0.15, 0.2) is 0 Å². The van der Waals surface area contributed by atoms with E-state index in [2.05, 4.69) is 16.7 Å². The molecular formula is C17H24N2O3. The summed E-state index contributed by atoms with van der Waals surface area (Å²) in [6, 6.07) is 0. The first-order chi connectivity index (χ1) is 10.6. The summed E-state index contributed by atoms with van der Waals surface area (Å²) >= 11 is 0. The van der Waals surface area contributed by atoms with E-state index >= 15 is 0 Å². The molecule has 0 aromatic carbocycles. The Balaban J connectivity index is 2.22. The third-order valence-electron chi connectivity index (χ3n) is 4.08. The van der Waals surface area contributed by atoms with Gasteiger partial charge in [-0.25, -0.2) is 4.79 Å². The quantitative estimate of drug-likeness (QED) is 0.627. The van der Waals surface area contributed by atoms with Gasteiger partial charge >= 0.3 is 5.97 Å². The summed E-state index contributed by atoms with van der Waals surface area (Å²) in [5, 5.41) is 0. The number of ether oxygens (including phenoxy) is 2. The van der Waals surface area contributed by atoms with Gasteiger partial charge in [0.25, 0.3) is 0 Å². The molecule has 0 spiro atoms. The highest BCUT2D eigenvalue weighted by atomic mass is 16.5. The zero-order chi connectivity index (χ0) is 16.1. The Labute approximate surface area is 132 Å². The van der Waals surface area contributed by atoms with Crippen LogP contribution in [0.15, 0.2) is 0 Å². The van der Waals surface area contributed by atoms with Crippen molar-refractivity contribution in [2.24, 2.45) is 7.05 Å². The van der Waals surface area contributed by atoms with Crippen LogP contribution in [-0.2, 0) is 16.5 Å². The molecule has 0 radical (unpaired) electrons. The van der Waals surface area contributed by atoms with Crippen LogP contribution in [0.1, 0.15) is 34.2 Å². The molecule has 120 valence electrons. The van der Waals surface area contributed by atoms with Crippen molar-refractivity contribution < 1.29 is 14.3 Å². The van der Waals surface area contributed by atoms with Crippen LogP contribution < -0.4 is 0 Å². The summed E-state index contributed by atoms with van der Waals surface area (Å²) in [5.74, 6) is 6.07. The molecule has 0 N–H and O–H groups in total. The lowest BCUT2D eigenvalue weighted by Crippen LogP contribution is -2.36. The summed E-state index contributed by atoms with van der Waals surface area (Å²) in [6.07, 6.45) is 0. The Kier molecular flexibility index (Phi) is 5.64. The van der Waals surface area contributed by atoms with E-state index in [1.807, 2.05) is 32.4 Å². The molecule has 5 heteroatoms. The molecule has 2 rings (SSSR count). The summed E-state index contributed by atoms with van der Waals surface area (Å²) < 4.78 is 12.5. The molecule has 0 saturated carbocycles. The van der Waals surface area contributed by atoms with E-state index in [1.165, 1.54) is 0 Å². The van der Waals surface area contributed by atoms with E-state index in [0.29, 0.717) is 18.7 Å². The van der Waals surface area contributed by atoms with Crippen molar-refractivity contribution in [1.29, 1.82) is 0 Å². The van der Waals surface area contributed by atoms with Crippen molar-refractivity contribution in [3.05, 3.63) is 22.5 Å². The second-order valence-electron chi connectivity index (χ2n) is 5.39. The molecule has 1 saturated heterocycles. The Hall–Kier alpha value is -1.77. The topological polar surface area (TPSA) is 43.7 Å². The van der Waals surface area contributed by atoms with E-state index < -0.39 is 0 Å². The average molecular weight is 304 g/mol. The van der Waals surface area contributed by atoms with E-state index in [9.17, 15) is 4.79 Å². The molecule has 0 amide bonds. The predicted octanol–water partition coefficient (Wildman–Crippen LogP) is 1.50. The fourth-order valence-corrected chi connectivity index (χ4v) is 2.55. The normalized spacial score (nSPS) is 15.3. The molecule has 1 aromatic rings. The summed E-state index contributed by atoms with van der Waals surface area (Å²) in [7, 11) is 1.94. The van der Waals surface area contributed by atoms with Gasteiger partial charge in [-0.05, 0) is 20.8 Å². The maximum Gasteiger partial charge on any atom is 0.341 e. The smallest absolute Gasteiger partial charge is 0.341 e. The second-order valence-corrected chi connectivity index (χ2v) is 5.39. The standard InChI is InChI=1S/C17H24N2O3/c1-5-22-17(20)16-14(3)18(4)13(2)15(16)7-6-8-19-9-11-21-12-10-19/h5,8-12H2,1-4H3. The SMILES string of the molecule is CCOC(=O)c1c(C#CCN2CCOCC2)c(C)n(C)c1C. The first kappa shape index (κ1) is 16.6. The van der Waals surface area contributed by atoms with Crippen LogP contribution >= 0.6 is 0 Å². The number of carbonyl (C=O) groups is 1. The Bertz CT molecular complexity index is 602. The predicted molar refractivity (Wildman–Crippen MR) is 85.0 cm³/mol. The van der Waals surface area contributed by atoms with Crippen molar-refractivity contribution in [2.75, 3.05) is 39.5 Å². The average Bonchev–Trinajstić information content (AvgIpc) is 2.73. The number of aromatic nitrogens is 1. The van der Waals surface area contributed by atoms with Gasteiger partial charge < -0.3 is 14.0 Å². The molecule has 1 aliphatic heterocycles. The molecule has 2 heterocycles. The van der Waals surface area contributed by atoms with Gasteiger partial charge in [0.05, 0.1) is 37.5 Å². The van der Waals surface area contributed by atoms with Crippen LogP contribution in [0, 0.1) is 25.7 Å². The van der Waals surface area contributed by atoms with Gasteiger partial charge in [0.1, 0.15) is 0 Å². The number of esters is 1. The summed E-state index contributed by atoms with van der Waals surface area (Å²) in [6.45, 7) is 10.1. The van der Waals surface area contributed by atoms with Crippen LogP contribution in [0.2, 0.25) is 0 Å². The van der Waals surface area contributed by atoms with Crippen molar-refractivity contribution in [3.8, 4) is 11.8 Å². The molecule has 0 unspecified atom stereocenters. The van der Waals surface area contributed by atoms with Crippen molar-refractivity contribution in [2.45, 2.75) is 20.8 Å². The molecule has 1 aliphatic rings. The summed E-state index contributed by atoms with van der Waals surface area (Å²) in [4.78, 5) is 14.4. The number of hydrogen-bond acceptors (Lipinski definition) is 4. The van der Waals surface area contributed by atoms with Crippen molar-refractivity contribution in [3.63, 3.8) is 0 Å². The van der Waals surface area contributed by atoms with Crippen LogP contribution in [0.5, 0.6) is 0 Å². The van der Waals surface area contributed by atoms with Gasteiger partial charge in [0.2, 0.25) is 0 Å². The minimum absolute atomic E-state index is 0.292. The van der Waals surface area contributed by atoms with E-state index in [0.717, 1.165) is 43.3 Å². The second kappa shape index (κ2) is 7.48. The molecular weight excluding hydrogens is 280 g/mol. The van der Waals surface area contributed by atoms with Gasteiger partial charge in [-0.15, -0.1) is 0 Å². The summed E-state index contributed by atoms with van der Waals surface area (Å²) in [5.41, 5.74) is 3.27. The first-order valence-electron chi connectivity index (χ1n) is 7.68. The lowest BCUT2D eigenvalue weighted by Gasteiger charge is -2.24. The minimum Gasteiger partial charge on any atom is -0.462 e. The third-order valence-corrected chi connectivity index (χ3v) is 4.08. The number of morpholine rings is 1. The maximum atomic E-state index is 12.2. The minimum atomic E-state index is -0.292. The first-order valence-corrected chi connectivity index (χ1v) is 7.68. The van der Waals surface area contributed by atoms with Gasteiger partial charge in [-0.2, -0.15) is 0 Å². The van der Waals surface area contributed by atoms with Gasteiger partial charge in [-0.1, -0.05) is 11.8 Å². The fourth-order valence-electron chi connectivity index (χ4n) is 2.55. The maximum absolute atomic E-state index is 12.2.